The van der Waals surface area contributed by atoms with Crippen molar-refractivity contribution in [3.05, 3.63) is 18.1 Å². The van der Waals surface area contributed by atoms with Gasteiger partial charge < -0.3 is 10.0 Å². The van der Waals surface area contributed by atoms with E-state index in [0.29, 0.717) is 12.6 Å². The van der Waals surface area contributed by atoms with Crippen LogP contribution < -0.4 is 4.90 Å². The fraction of sp³-hybridized carbons (Fsp3) is 0.600. The summed E-state index contributed by atoms with van der Waals surface area (Å²) in [6.07, 6.45) is 3.35. The van der Waals surface area contributed by atoms with Crippen LogP contribution in [0.3, 0.4) is 0 Å². The molecule has 0 bridgehead atoms. The molecule has 14 heavy (non-hydrogen) atoms. The maximum Gasteiger partial charge on any atom is 0.150 e. The van der Waals surface area contributed by atoms with E-state index < -0.39 is 0 Å². The molecule has 4 heteroatoms. The van der Waals surface area contributed by atoms with Crippen LogP contribution in [0.1, 0.15) is 19.5 Å². The first-order valence-electron chi connectivity index (χ1n) is 4.82. The van der Waals surface area contributed by atoms with E-state index in [-0.39, 0.29) is 6.61 Å². The Balaban J connectivity index is 2.93. The number of hydrogen-bond donors (Lipinski definition) is 1. The lowest BCUT2D eigenvalue weighted by Crippen LogP contribution is -2.34. The highest BCUT2D eigenvalue weighted by molar-refractivity contribution is 5.42. The van der Waals surface area contributed by atoms with Gasteiger partial charge in [0.05, 0.1) is 12.3 Å². The zero-order valence-electron chi connectivity index (χ0n) is 8.94. The molecule has 4 nitrogen and oxygen atoms in total. The largest absolute Gasteiger partial charge is 0.395 e. The third-order valence-electron chi connectivity index (χ3n) is 2.09. The minimum absolute atomic E-state index is 0.133. The van der Waals surface area contributed by atoms with Crippen molar-refractivity contribution < 1.29 is 5.11 Å². The van der Waals surface area contributed by atoms with Crippen LogP contribution in [0.15, 0.2) is 12.4 Å². The number of nitrogens with zero attached hydrogens (tertiary/aromatic N) is 3. The predicted molar refractivity (Wildman–Crippen MR) is 56.3 cm³/mol. The molecule has 0 aromatic carbocycles. The minimum Gasteiger partial charge on any atom is -0.395 e. The summed E-state index contributed by atoms with van der Waals surface area (Å²) in [6, 6.07) is 0.317. The number of aliphatic hydroxyl groups excluding tert-OH is 1. The van der Waals surface area contributed by atoms with Gasteiger partial charge in [0.1, 0.15) is 5.82 Å². The van der Waals surface area contributed by atoms with Crippen LogP contribution in [0.5, 0.6) is 0 Å². The molecule has 1 N–H and O–H groups in total. The molecule has 0 aliphatic rings. The number of aromatic nitrogens is 2. The fourth-order valence-corrected chi connectivity index (χ4v) is 1.40. The van der Waals surface area contributed by atoms with Gasteiger partial charge in [0.25, 0.3) is 0 Å². The van der Waals surface area contributed by atoms with Crippen LogP contribution in [-0.2, 0) is 0 Å². The third kappa shape index (κ3) is 2.42. The van der Waals surface area contributed by atoms with Crippen LogP contribution in [0.25, 0.3) is 0 Å². The Morgan fingerprint density at radius 2 is 2.00 bits per heavy atom. The summed E-state index contributed by atoms with van der Waals surface area (Å²) in [5, 5.41) is 8.95. The topological polar surface area (TPSA) is 49.2 Å². The van der Waals surface area contributed by atoms with E-state index >= 15 is 0 Å². The Kier molecular flexibility index (Phi) is 3.83. The van der Waals surface area contributed by atoms with Crippen LogP contribution in [0.2, 0.25) is 0 Å². The minimum atomic E-state index is 0.133. The summed E-state index contributed by atoms with van der Waals surface area (Å²) in [7, 11) is 0. The smallest absolute Gasteiger partial charge is 0.150 e. The van der Waals surface area contributed by atoms with Gasteiger partial charge in [-0.05, 0) is 20.8 Å². The SMILES string of the molecule is Cc1nccnc1N(CCO)C(C)C. The molecule has 1 aromatic rings. The summed E-state index contributed by atoms with van der Waals surface area (Å²) < 4.78 is 0. The molecule has 0 saturated carbocycles. The first-order valence-corrected chi connectivity index (χ1v) is 4.82. The van der Waals surface area contributed by atoms with Crippen molar-refractivity contribution in [2.75, 3.05) is 18.1 Å². The molecule has 0 fully saturated rings. The number of aliphatic hydroxyl groups is 1. The standard InChI is InChI=1S/C10H17N3O/c1-8(2)13(6-7-14)10-9(3)11-4-5-12-10/h4-5,8,14H,6-7H2,1-3H3. The first-order chi connectivity index (χ1) is 6.66. The van der Waals surface area contributed by atoms with Crippen LogP contribution in [0.4, 0.5) is 5.82 Å². The Bertz CT molecular complexity index is 288. The first kappa shape index (κ1) is 10.9. The van der Waals surface area contributed by atoms with Gasteiger partial charge >= 0.3 is 0 Å². The van der Waals surface area contributed by atoms with Crippen LogP contribution in [0, 0.1) is 6.92 Å². The highest BCUT2D eigenvalue weighted by Crippen LogP contribution is 2.15. The van der Waals surface area contributed by atoms with E-state index in [4.69, 9.17) is 5.11 Å². The molecule has 0 amide bonds. The van der Waals surface area contributed by atoms with Crippen LogP contribution >= 0.6 is 0 Å². The third-order valence-corrected chi connectivity index (χ3v) is 2.09. The Morgan fingerprint density at radius 1 is 1.36 bits per heavy atom. The summed E-state index contributed by atoms with van der Waals surface area (Å²) in [5.41, 5.74) is 0.898. The number of anilines is 1. The zero-order valence-corrected chi connectivity index (χ0v) is 8.94. The van der Waals surface area contributed by atoms with Crippen molar-refractivity contribution in [3.8, 4) is 0 Å². The average Bonchev–Trinajstić information content (AvgIpc) is 2.15. The highest BCUT2D eigenvalue weighted by atomic mass is 16.3. The van der Waals surface area contributed by atoms with Crippen molar-refractivity contribution in [3.63, 3.8) is 0 Å². The fourth-order valence-electron chi connectivity index (χ4n) is 1.40. The van der Waals surface area contributed by atoms with Gasteiger partial charge in [-0.15, -0.1) is 0 Å². The lowest BCUT2D eigenvalue weighted by molar-refractivity contribution is 0.298. The van der Waals surface area contributed by atoms with Gasteiger partial charge in [-0.3, -0.25) is 4.98 Å². The molecular formula is C10H17N3O. The predicted octanol–water partition coefficient (Wildman–Crippen LogP) is 0.992. The van der Waals surface area contributed by atoms with Gasteiger partial charge in [0, 0.05) is 25.0 Å². The van der Waals surface area contributed by atoms with E-state index in [0.717, 1.165) is 11.5 Å². The summed E-state index contributed by atoms with van der Waals surface area (Å²) in [5.74, 6) is 0.858. The maximum atomic E-state index is 8.95. The quantitative estimate of drug-likeness (QED) is 0.778. The van der Waals surface area contributed by atoms with E-state index in [2.05, 4.69) is 23.8 Å². The second-order valence-electron chi connectivity index (χ2n) is 3.48. The molecule has 1 aromatic heterocycles. The molecule has 0 unspecified atom stereocenters. The van der Waals surface area contributed by atoms with E-state index in [9.17, 15) is 0 Å². The molecule has 0 aliphatic heterocycles. The second-order valence-corrected chi connectivity index (χ2v) is 3.48. The lowest BCUT2D eigenvalue weighted by Gasteiger charge is -2.27. The molecule has 1 rings (SSSR count). The lowest BCUT2D eigenvalue weighted by atomic mass is 10.3. The number of hydrogen-bond acceptors (Lipinski definition) is 4. The van der Waals surface area contributed by atoms with Crippen molar-refractivity contribution in [2.24, 2.45) is 0 Å². The average molecular weight is 195 g/mol. The molecule has 1 heterocycles. The second kappa shape index (κ2) is 4.91. The molecule has 78 valence electrons. The molecule has 0 saturated heterocycles. The monoisotopic (exact) mass is 195 g/mol. The Morgan fingerprint density at radius 3 is 2.50 bits per heavy atom. The van der Waals surface area contributed by atoms with Gasteiger partial charge in [-0.2, -0.15) is 0 Å². The normalized spacial score (nSPS) is 10.6. The van der Waals surface area contributed by atoms with E-state index in [1.54, 1.807) is 12.4 Å². The van der Waals surface area contributed by atoms with Crippen molar-refractivity contribution in [1.29, 1.82) is 0 Å². The number of aryl methyl sites for hydroxylation is 1. The van der Waals surface area contributed by atoms with Gasteiger partial charge in [0.15, 0.2) is 0 Å². The Labute approximate surface area is 84.6 Å². The van der Waals surface area contributed by atoms with E-state index in [1.165, 1.54) is 0 Å². The Hall–Kier alpha value is -1.16. The number of rotatable bonds is 4. The van der Waals surface area contributed by atoms with Crippen molar-refractivity contribution in [1.82, 2.24) is 9.97 Å². The van der Waals surface area contributed by atoms with E-state index in [1.807, 2.05) is 11.8 Å². The van der Waals surface area contributed by atoms with Crippen LogP contribution in [-0.4, -0.2) is 34.3 Å². The highest BCUT2D eigenvalue weighted by Gasteiger charge is 2.13. The molecule has 0 radical (unpaired) electrons. The molecule has 0 atom stereocenters. The molecular weight excluding hydrogens is 178 g/mol. The van der Waals surface area contributed by atoms with Crippen molar-refractivity contribution in [2.45, 2.75) is 26.8 Å². The van der Waals surface area contributed by atoms with Gasteiger partial charge in [0.2, 0.25) is 0 Å². The summed E-state index contributed by atoms with van der Waals surface area (Å²) in [6.45, 7) is 6.80. The van der Waals surface area contributed by atoms with Gasteiger partial charge in [-0.1, -0.05) is 0 Å². The molecule has 0 spiro atoms. The van der Waals surface area contributed by atoms with Crippen molar-refractivity contribution >= 4 is 5.82 Å². The zero-order chi connectivity index (χ0) is 10.6. The maximum absolute atomic E-state index is 8.95. The molecule has 0 aliphatic carbocycles. The summed E-state index contributed by atoms with van der Waals surface area (Å²) in [4.78, 5) is 10.5. The van der Waals surface area contributed by atoms with Gasteiger partial charge in [-0.25, -0.2) is 4.98 Å². The summed E-state index contributed by atoms with van der Waals surface area (Å²) >= 11 is 0.